The maximum Gasteiger partial charge on any atom is 0.406 e. The van der Waals surface area contributed by atoms with Gasteiger partial charge in [0, 0.05) is 12.6 Å². The average molecular weight is 182 g/mol. The van der Waals surface area contributed by atoms with Crippen LogP contribution in [0, 0.1) is 0 Å². The van der Waals surface area contributed by atoms with Gasteiger partial charge in [-0.25, -0.2) is 0 Å². The molecule has 1 aliphatic rings. The molecule has 0 bridgehead atoms. The number of rotatable bonds is 3. The third-order valence-electron chi connectivity index (χ3n) is 2.06. The summed E-state index contributed by atoms with van der Waals surface area (Å²) < 4.78 is 36.7. The van der Waals surface area contributed by atoms with Crippen molar-refractivity contribution in [3.63, 3.8) is 0 Å². The number of hydrogen-bond donors (Lipinski definition) is 2. The first-order valence-electron chi connectivity index (χ1n) is 3.95. The van der Waals surface area contributed by atoms with Crippen LogP contribution in [0.1, 0.15) is 19.8 Å². The highest BCUT2D eigenvalue weighted by Gasteiger charge is 2.62. The van der Waals surface area contributed by atoms with E-state index in [0.29, 0.717) is 0 Å². The molecule has 0 radical (unpaired) electrons. The van der Waals surface area contributed by atoms with Gasteiger partial charge in [-0.05, 0) is 19.8 Å². The fraction of sp³-hybridized carbons (Fsp3) is 1.00. The predicted octanol–water partition coefficient (Wildman–Crippen LogP) is 1.02. The SMILES string of the molecule is CC(N)CNC1(C(F)(F)F)CC1. The first-order chi connectivity index (χ1) is 5.37. The molecule has 2 nitrogen and oxygen atoms in total. The molecule has 1 rings (SSSR count). The molecule has 1 aliphatic carbocycles. The first-order valence-corrected chi connectivity index (χ1v) is 3.95. The lowest BCUT2D eigenvalue weighted by atomic mass is 10.2. The zero-order valence-electron chi connectivity index (χ0n) is 6.91. The third-order valence-corrected chi connectivity index (χ3v) is 2.06. The predicted molar refractivity (Wildman–Crippen MR) is 39.7 cm³/mol. The normalized spacial score (nSPS) is 23.8. The van der Waals surface area contributed by atoms with Crippen molar-refractivity contribution in [3.05, 3.63) is 0 Å². The van der Waals surface area contributed by atoms with E-state index in [1.807, 2.05) is 0 Å². The molecule has 0 aromatic carbocycles. The highest BCUT2D eigenvalue weighted by molar-refractivity contribution is 5.08. The number of nitrogens with two attached hydrogens (primary N) is 1. The number of halogens is 3. The van der Waals surface area contributed by atoms with Crippen molar-refractivity contribution >= 4 is 0 Å². The molecule has 0 aromatic rings. The van der Waals surface area contributed by atoms with E-state index in [1.165, 1.54) is 0 Å². The van der Waals surface area contributed by atoms with Crippen molar-refractivity contribution < 1.29 is 13.2 Å². The van der Waals surface area contributed by atoms with Crippen LogP contribution in [0.25, 0.3) is 0 Å². The molecule has 0 heterocycles. The Balaban J connectivity index is 2.40. The summed E-state index contributed by atoms with van der Waals surface area (Å²) in [6, 6.07) is -0.232. The van der Waals surface area contributed by atoms with Gasteiger partial charge in [0.1, 0.15) is 5.54 Å². The van der Waals surface area contributed by atoms with Gasteiger partial charge >= 0.3 is 6.18 Å². The molecule has 72 valence electrons. The fourth-order valence-corrected chi connectivity index (χ4v) is 1.04. The number of hydrogen-bond acceptors (Lipinski definition) is 2. The van der Waals surface area contributed by atoms with Crippen molar-refractivity contribution in [1.82, 2.24) is 5.32 Å². The van der Waals surface area contributed by atoms with Crippen LogP contribution >= 0.6 is 0 Å². The van der Waals surface area contributed by atoms with Crippen LogP contribution in [0.15, 0.2) is 0 Å². The molecule has 0 aliphatic heterocycles. The van der Waals surface area contributed by atoms with Gasteiger partial charge < -0.3 is 11.1 Å². The standard InChI is InChI=1S/C7H13F3N2/c1-5(11)4-12-6(2-3-6)7(8,9)10/h5,12H,2-4,11H2,1H3. The maximum absolute atomic E-state index is 12.2. The van der Waals surface area contributed by atoms with Crippen LogP contribution in [0.3, 0.4) is 0 Å². The van der Waals surface area contributed by atoms with Crippen molar-refractivity contribution in [2.45, 2.75) is 37.5 Å². The highest BCUT2D eigenvalue weighted by atomic mass is 19.4. The number of alkyl halides is 3. The topological polar surface area (TPSA) is 38.0 Å². The second-order valence-corrected chi connectivity index (χ2v) is 3.44. The summed E-state index contributed by atoms with van der Waals surface area (Å²) in [6.45, 7) is 1.90. The lowest BCUT2D eigenvalue weighted by Crippen LogP contribution is -2.48. The summed E-state index contributed by atoms with van der Waals surface area (Å²) in [6.07, 6.45) is -3.76. The van der Waals surface area contributed by atoms with Gasteiger partial charge in [0.2, 0.25) is 0 Å². The first kappa shape index (κ1) is 9.80. The second kappa shape index (κ2) is 2.88. The molecular weight excluding hydrogens is 169 g/mol. The second-order valence-electron chi connectivity index (χ2n) is 3.44. The maximum atomic E-state index is 12.2. The molecule has 0 spiro atoms. The lowest BCUT2D eigenvalue weighted by molar-refractivity contribution is -0.165. The van der Waals surface area contributed by atoms with Crippen molar-refractivity contribution in [2.75, 3.05) is 6.54 Å². The van der Waals surface area contributed by atoms with Crippen LogP contribution < -0.4 is 11.1 Å². The van der Waals surface area contributed by atoms with E-state index >= 15 is 0 Å². The lowest BCUT2D eigenvalue weighted by Gasteiger charge is -2.21. The molecule has 5 heteroatoms. The summed E-state index contributed by atoms with van der Waals surface area (Å²) in [4.78, 5) is 0. The van der Waals surface area contributed by atoms with Gasteiger partial charge in [-0.2, -0.15) is 13.2 Å². The fourth-order valence-electron chi connectivity index (χ4n) is 1.04. The molecule has 0 aromatic heterocycles. The van der Waals surface area contributed by atoms with Gasteiger partial charge in [0.15, 0.2) is 0 Å². The van der Waals surface area contributed by atoms with Crippen LogP contribution in [0.5, 0.6) is 0 Å². The summed E-state index contributed by atoms with van der Waals surface area (Å²) in [5.74, 6) is 0. The summed E-state index contributed by atoms with van der Waals surface area (Å²) in [5, 5.41) is 2.46. The van der Waals surface area contributed by atoms with Crippen molar-refractivity contribution in [2.24, 2.45) is 5.73 Å². The van der Waals surface area contributed by atoms with Crippen molar-refractivity contribution in [1.29, 1.82) is 0 Å². The van der Waals surface area contributed by atoms with Gasteiger partial charge in [-0.3, -0.25) is 0 Å². The Morgan fingerprint density at radius 3 is 2.25 bits per heavy atom. The molecule has 0 saturated heterocycles. The number of nitrogens with one attached hydrogen (secondary N) is 1. The van der Waals surface area contributed by atoms with Gasteiger partial charge in [-0.1, -0.05) is 0 Å². The summed E-state index contributed by atoms with van der Waals surface area (Å²) in [5.41, 5.74) is 3.73. The Kier molecular flexibility index (Phi) is 2.35. The Labute approximate surface area is 69.3 Å². The zero-order valence-corrected chi connectivity index (χ0v) is 6.91. The van der Waals surface area contributed by atoms with Crippen LogP contribution in [-0.2, 0) is 0 Å². The largest absolute Gasteiger partial charge is 0.406 e. The minimum atomic E-state index is -4.12. The van der Waals surface area contributed by atoms with E-state index in [2.05, 4.69) is 5.32 Å². The molecular formula is C7H13F3N2. The zero-order chi connectivity index (χ0) is 9.41. The Hall–Kier alpha value is -0.290. The minimum Gasteiger partial charge on any atom is -0.327 e. The molecule has 1 fully saturated rings. The average Bonchev–Trinajstić information content (AvgIpc) is 2.60. The Bertz CT molecular complexity index is 161. The van der Waals surface area contributed by atoms with Crippen LogP contribution in [0.2, 0.25) is 0 Å². The molecule has 1 saturated carbocycles. The molecule has 3 N–H and O–H groups in total. The van der Waals surface area contributed by atoms with Crippen LogP contribution in [-0.4, -0.2) is 24.3 Å². The molecule has 0 amide bonds. The van der Waals surface area contributed by atoms with Gasteiger partial charge in [-0.15, -0.1) is 0 Å². The van der Waals surface area contributed by atoms with Gasteiger partial charge in [0.25, 0.3) is 0 Å². The molecule has 1 atom stereocenters. The van der Waals surface area contributed by atoms with Crippen molar-refractivity contribution in [3.8, 4) is 0 Å². The third kappa shape index (κ3) is 1.90. The summed E-state index contributed by atoms with van der Waals surface area (Å²) in [7, 11) is 0. The smallest absolute Gasteiger partial charge is 0.327 e. The van der Waals surface area contributed by atoms with Gasteiger partial charge in [0.05, 0.1) is 0 Å². The molecule has 12 heavy (non-hydrogen) atoms. The van der Waals surface area contributed by atoms with E-state index in [1.54, 1.807) is 6.92 Å². The van der Waals surface area contributed by atoms with E-state index in [4.69, 9.17) is 5.73 Å². The Morgan fingerprint density at radius 2 is 2.00 bits per heavy atom. The van der Waals surface area contributed by atoms with E-state index in [9.17, 15) is 13.2 Å². The van der Waals surface area contributed by atoms with Crippen LogP contribution in [0.4, 0.5) is 13.2 Å². The Morgan fingerprint density at radius 1 is 1.50 bits per heavy atom. The van der Waals surface area contributed by atoms with E-state index in [-0.39, 0.29) is 25.4 Å². The quantitative estimate of drug-likeness (QED) is 0.683. The monoisotopic (exact) mass is 182 g/mol. The highest BCUT2D eigenvalue weighted by Crippen LogP contribution is 2.48. The summed E-state index contributed by atoms with van der Waals surface area (Å²) >= 11 is 0. The minimum absolute atomic E-state index is 0.184. The van der Waals surface area contributed by atoms with E-state index < -0.39 is 11.7 Å². The van der Waals surface area contributed by atoms with E-state index in [0.717, 1.165) is 0 Å². The molecule has 1 unspecified atom stereocenters.